The van der Waals surface area contributed by atoms with Gasteiger partial charge in [0.25, 0.3) is 0 Å². The predicted octanol–water partition coefficient (Wildman–Crippen LogP) is 0.935. The second kappa shape index (κ2) is 5.95. The second-order valence-corrected chi connectivity index (χ2v) is 6.18. The third kappa shape index (κ3) is 2.71. The lowest BCUT2D eigenvalue weighted by Gasteiger charge is -2.36. The van der Waals surface area contributed by atoms with Crippen LogP contribution < -0.4 is 10.6 Å². The number of thiophene rings is 1. The minimum Gasteiger partial charge on any atom is -0.352 e. The number of amides is 1. The lowest BCUT2D eigenvalue weighted by atomic mass is 10.1. The molecule has 1 aliphatic rings. The van der Waals surface area contributed by atoms with Gasteiger partial charge in [0.1, 0.15) is 17.0 Å². The molecule has 1 aliphatic heterocycles. The molecule has 0 saturated carbocycles. The molecule has 2 aromatic heterocycles. The Bertz CT molecular complexity index is 635. The number of rotatable bonds is 3. The Morgan fingerprint density at radius 2 is 2.14 bits per heavy atom. The molecule has 0 aliphatic carbocycles. The Morgan fingerprint density at radius 1 is 1.38 bits per heavy atom. The van der Waals surface area contributed by atoms with Crippen LogP contribution in [0.5, 0.6) is 0 Å². The lowest BCUT2D eigenvalue weighted by Crippen LogP contribution is -2.51. The molecule has 3 heterocycles. The highest BCUT2D eigenvalue weighted by molar-refractivity contribution is 7.16. The zero-order valence-electron chi connectivity index (χ0n) is 12.0. The second-order valence-electron chi connectivity index (χ2n) is 5.29. The quantitative estimate of drug-likeness (QED) is 0.913. The first kappa shape index (κ1) is 14.2. The van der Waals surface area contributed by atoms with Crippen molar-refractivity contribution in [1.29, 1.82) is 0 Å². The van der Waals surface area contributed by atoms with E-state index in [9.17, 15) is 4.79 Å². The Hall–Kier alpha value is -1.73. The van der Waals surface area contributed by atoms with E-state index in [1.165, 1.54) is 0 Å². The van der Waals surface area contributed by atoms with Crippen molar-refractivity contribution in [1.82, 2.24) is 14.9 Å². The fraction of sp³-hybridized carbons (Fsp3) is 0.500. The standard InChI is InChI=1S/C14H19N5OS/c1-10(8-15)14(20)19-5-3-18(4-6-19)12-11-2-7-21-13(11)17-9-16-12/h2,7,9-10H,3-6,8,15H2,1H3. The first-order valence-electron chi connectivity index (χ1n) is 7.12. The van der Waals surface area contributed by atoms with Crippen molar-refractivity contribution in [3.63, 3.8) is 0 Å². The summed E-state index contributed by atoms with van der Waals surface area (Å²) in [7, 11) is 0. The van der Waals surface area contributed by atoms with E-state index in [-0.39, 0.29) is 11.8 Å². The summed E-state index contributed by atoms with van der Waals surface area (Å²) >= 11 is 1.62. The highest BCUT2D eigenvalue weighted by Crippen LogP contribution is 2.27. The number of piperazine rings is 1. The van der Waals surface area contributed by atoms with Crippen molar-refractivity contribution in [2.24, 2.45) is 11.7 Å². The summed E-state index contributed by atoms with van der Waals surface area (Å²) in [6.45, 7) is 5.32. The van der Waals surface area contributed by atoms with E-state index in [4.69, 9.17) is 5.73 Å². The summed E-state index contributed by atoms with van der Waals surface area (Å²) in [5.41, 5.74) is 5.57. The maximum Gasteiger partial charge on any atom is 0.226 e. The SMILES string of the molecule is CC(CN)C(=O)N1CCN(c2ncnc3sccc23)CC1. The van der Waals surface area contributed by atoms with Gasteiger partial charge >= 0.3 is 0 Å². The monoisotopic (exact) mass is 305 g/mol. The highest BCUT2D eigenvalue weighted by atomic mass is 32.1. The summed E-state index contributed by atoms with van der Waals surface area (Å²) in [4.78, 5) is 26.0. The molecule has 0 bridgehead atoms. The number of carbonyl (C=O) groups is 1. The molecule has 0 spiro atoms. The third-order valence-electron chi connectivity index (χ3n) is 3.91. The molecule has 0 radical (unpaired) electrons. The molecule has 0 aromatic carbocycles. The molecule has 21 heavy (non-hydrogen) atoms. The number of hydrogen-bond acceptors (Lipinski definition) is 6. The molecular weight excluding hydrogens is 286 g/mol. The first-order chi connectivity index (χ1) is 10.2. The smallest absolute Gasteiger partial charge is 0.226 e. The molecule has 2 aromatic rings. The van der Waals surface area contributed by atoms with Crippen LogP contribution in [0.25, 0.3) is 10.2 Å². The number of nitrogens with zero attached hydrogens (tertiary/aromatic N) is 4. The molecule has 3 rings (SSSR count). The summed E-state index contributed by atoms with van der Waals surface area (Å²) in [5, 5.41) is 3.13. The molecule has 1 saturated heterocycles. The maximum atomic E-state index is 12.1. The average Bonchev–Trinajstić information content (AvgIpc) is 3.02. The van der Waals surface area contributed by atoms with E-state index in [0.717, 1.165) is 42.2 Å². The van der Waals surface area contributed by atoms with Crippen LogP contribution in [0.2, 0.25) is 0 Å². The molecule has 1 atom stereocenters. The molecule has 6 nitrogen and oxygen atoms in total. The summed E-state index contributed by atoms with van der Waals surface area (Å²) in [6, 6.07) is 2.06. The van der Waals surface area contributed by atoms with Crippen molar-refractivity contribution in [3.05, 3.63) is 17.8 Å². The van der Waals surface area contributed by atoms with Gasteiger partial charge in [-0.25, -0.2) is 9.97 Å². The lowest BCUT2D eigenvalue weighted by molar-refractivity contribution is -0.134. The largest absolute Gasteiger partial charge is 0.352 e. The van der Waals surface area contributed by atoms with Gasteiger partial charge in [0.2, 0.25) is 5.91 Å². The fourth-order valence-corrected chi connectivity index (χ4v) is 3.31. The van der Waals surface area contributed by atoms with Crippen molar-refractivity contribution in [2.45, 2.75) is 6.92 Å². The van der Waals surface area contributed by atoms with Gasteiger partial charge in [-0.15, -0.1) is 11.3 Å². The topological polar surface area (TPSA) is 75.4 Å². The van der Waals surface area contributed by atoms with Crippen molar-refractivity contribution < 1.29 is 4.79 Å². The van der Waals surface area contributed by atoms with Gasteiger partial charge in [0.05, 0.1) is 5.39 Å². The number of carbonyl (C=O) groups excluding carboxylic acids is 1. The van der Waals surface area contributed by atoms with Crippen LogP contribution in [-0.4, -0.2) is 53.5 Å². The number of aromatic nitrogens is 2. The van der Waals surface area contributed by atoms with Crippen LogP contribution >= 0.6 is 11.3 Å². The van der Waals surface area contributed by atoms with Gasteiger partial charge in [0.15, 0.2) is 0 Å². The van der Waals surface area contributed by atoms with Crippen molar-refractivity contribution in [2.75, 3.05) is 37.6 Å². The van der Waals surface area contributed by atoms with E-state index in [2.05, 4.69) is 20.9 Å². The fourth-order valence-electron chi connectivity index (χ4n) is 2.58. The van der Waals surface area contributed by atoms with E-state index >= 15 is 0 Å². The van der Waals surface area contributed by atoms with E-state index in [1.54, 1.807) is 17.7 Å². The zero-order valence-corrected chi connectivity index (χ0v) is 12.8. The predicted molar refractivity (Wildman–Crippen MR) is 84.4 cm³/mol. The van der Waals surface area contributed by atoms with Gasteiger partial charge in [-0.05, 0) is 11.4 Å². The van der Waals surface area contributed by atoms with E-state index < -0.39 is 0 Å². The molecule has 1 amide bonds. The molecule has 112 valence electrons. The van der Waals surface area contributed by atoms with Crippen LogP contribution in [0.1, 0.15) is 6.92 Å². The summed E-state index contributed by atoms with van der Waals surface area (Å²) in [5.74, 6) is 1.03. The van der Waals surface area contributed by atoms with Gasteiger partial charge in [-0.1, -0.05) is 6.92 Å². The van der Waals surface area contributed by atoms with E-state index in [0.29, 0.717) is 6.54 Å². The van der Waals surface area contributed by atoms with Crippen LogP contribution in [0.15, 0.2) is 17.8 Å². The van der Waals surface area contributed by atoms with E-state index in [1.807, 2.05) is 17.2 Å². The molecule has 1 unspecified atom stereocenters. The number of anilines is 1. The van der Waals surface area contributed by atoms with Crippen LogP contribution in [0.3, 0.4) is 0 Å². The maximum absolute atomic E-state index is 12.1. The van der Waals surface area contributed by atoms with Crippen LogP contribution in [0, 0.1) is 5.92 Å². The third-order valence-corrected chi connectivity index (χ3v) is 4.73. The molecular formula is C14H19N5OS. The van der Waals surface area contributed by atoms with Crippen LogP contribution in [-0.2, 0) is 4.79 Å². The van der Waals surface area contributed by atoms with Crippen molar-refractivity contribution >= 4 is 33.3 Å². The van der Waals surface area contributed by atoms with Gasteiger partial charge in [-0.2, -0.15) is 0 Å². The molecule has 2 N–H and O–H groups in total. The average molecular weight is 305 g/mol. The minimum atomic E-state index is -0.0980. The van der Waals surface area contributed by atoms with Crippen LogP contribution in [0.4, 0.5) is 5.82 Å². The normalized spacial score (nSPS) is 17.2. The Labute approximate surface area is 127 Å². The first-order valence-corrected chi connectivity index (χ1v) is 8.00. The Kier molecular flexibility index (Phi) is 4.03. The zero-order chi connectivity index (χ0) is 14.8. The molecule has 7 heteroatoms. The minimum absolute atomic E-state index is 0.0980. The number of nitrogens with two attached hydrogens (primary N) is 1. The molecule has 1 fully saturated rings. The Balaban J connectivity index is 1.71. The van der Waals surface area contributed by atoms with Gasteiger partial charge < -0.3 is 15.5 Å². The summed E-state index contributed by atoms with van der Waals surface area (Å²) in [6.07, 6.45) is 1.61. The number of hydrogen-bond donors (Lipinski definition) is 1. The highest BCUT2D eigenvalue weighted by Gasteiger charge is 2.25. The van der Waals surface area contributed by atoms with Gasteiger partial charge in [0, 0.05) is 38.6 Å². The summed E-state index contributed by atoms with van der Waals surface area (Å²) < 4.78 is 0. The van der Waals surface area contributed by atoms with Crippen molar-refractivity contribution in [3.8, 4) is 0 Å². The number of fused-ring (bicyclic) bond motifs is 1. The van der Waals surface area contributed by atoms with Gasteiger partial charge in [-0.3, -0.25) is 4.79 Å². The Morgan fingerprint density at radius 3 is 2.86 bits per heavy atom.